The number of H-pyrrole nitrogens is 1. The maximum atomic E-state index is 12.8. The number of rotatable bonds is 4. The van der Waals surface area contributed by atoms with Crippen LogP contribution in [0.3, 0.4) is 0 Å². The quantitative estimate of drug-likeness (QED) is 0.581. The molecule has 3 aromatic rings. The third kappa shape index (κ3) is 3.17. The number of aromatic nitrogens is 2. The van der Waals surface area contributed by atoms with E-state index in [1.807, 2.05) is 36.4 Å². The highest BCUT2D eigenvalue weighted by molar-refractivity contribution is 6.06. The number of allylic oxidation sites excluding steroid dienone is 1. The minimum absolute atomic E-state index is 0.184. The highest BCUT2D eigenvalue weighted by Crippen LogP contribution is 2.17. The third-order valence-electron chi connectivity index (χ3n) is 3.21. The van der Waals surface area contributed by atoms with E-state index in [0.29, 0.717) is 5.56 Å². The molecule has 2 aromatic carbocycles. The number of hydrogen-bond donors (Lipinski definition) is 1. The maximum Gasteiger partial charge on any atom is 0.185 e. The van der Waals surface area contributed by atoms with Gasteiger partial charge in [-0.2, -0.15) is 5.10 Å². The molecule has 3 rings (SSSR count). The van der Waals surface area contributed by atoms with Crippen LogP contribution in [-0.4, -0.2) is 16.0 Å². The molecule has 0 amide bonds. The van der Waals surface area contributed by atoms with Crippen molar-refractivity contribution in [3.05, 3.63) is 83.8 Å². The van der Waals surface area contributed by atoms with Gasteiger partial charge in [0.05, 0.1) is 11.4 Å². The van der Waals surface area contributed by atoms with Crippen LogP contribution in [0.25, 0.3) is 17.3 Å². The van der Waals surface area contributed by atoms with E-state index >= 15 is 0 Å². The van der Waals surface area contributed by atoms with Gasteiger partial charge in [0.15, 0.2) is 5.78 Å². The summed E-state index contributed by atoms with van der Waals surface area (Å²) < 4.78 is 12.8. The number of nitrogens with one attached hydrogen (secondary N) is 1. The Bertz CT molecular complexity index is 805. The first kappa shape index (κ1) is 13.9. The fourth-order valence-electron chi connectivity index (χ4n) is 2.05. The standard InChI is InChI=1S/C18H13FN2O/c19-15-8-6-14(7-9-15)18(22)11-10-16-12-17(21-20-16)13-4-2-1-3-5-13/h1-12H,(H,20,21). The van der Waals surface area contributed by atoms with Gasteiger partial charge in [0.1, 0.15) is 5.82 Å². The summed E-state index contributed by atoms with van der Waals surface area (Å²) in [6, 6.07) is 17.1. The Morgan fingerprint density at radius 3 is 2.50 bits per heavy atom. The summed E-state index contributed by atoms with van der Waals surface area (Å²) in [7, 11) is 0. The Labute approximate surface area is 127 Å². The first-order valence-electron chi connectivity index (χ1n) is 6.81. The van der Waals surface area contributed by atoms with Gasteiger partial charge >= 0.3 is 0 Å². The van der Waals surface area contributed by atoms with Gasteiger partial charge in [0.2, 0.25) is 0 Å². The van der Waals surface area contributed by atoms with Crippen molar-refractivity contribution < 1.29 is 9.18 Å². The van der Waals surface area contributed by atoms with E-state index in [1.165, 1.54) is 30.3 Å². The highest BCUT2D eigenvalue weighted by Gasteiger charge is 2.04. The number of halogens is 1. The topological polar surface area (TPSA) is 45.8 Å². The number of benzene rings is 2. The number of aromatic amines is 1. The fourth-order valence-corrected chi connectivity index (χ4v) is 2.05. The smallest absolute Gasteiger partial charge is 0.185 e. The molecule has 0 fully saturated rings. The van der Waals surface area contributed by atoms with Gasteiger partial charge in [-0.1, -0.05) is 30.3 Å². The second kappa shape index (κ2) is 6.18. The first-order chi connectivity index (χ1) is 10.7. The van der Waals surface area contributed by atoms with Crippen molar-refractivity contribution in [2.45, 2.75) is 0 Å². The zero-order valence-corrected chi connectivity index (χ0v) is 11.7. The van der Waals surface area contributed by atoms with E-state index in [4.69, 9.17) is 0 Å². The van der Waals surface area contributed by atoms with Gasteiger partial charge in [0.25, 0.3) is 0 Å². The van der Waals surface area contributed by atoms with E-state index in [9.17, 15) is 9.18 Å². The number of nitrogens with zero attached hydrogens (tertiary/aromatic N) is 1. The van der Waals surface area contributed by atoms with Crippen LogP contribution in [0.4, 0.5) is 4.39 Å². The maximum absolute atomic E-state index is 12.8. The zero-order chi connectivity index (χ0) is 15.4. The summed E-state index contributed by atoms with van der Waals surface area (Å²) in [4.78, 5) is 12.0. The van der Waals surface area contributed by atoms with Crippen molar-refractivity contribution in [3.8, 4) is 11.3 Å². The molecular formula is C18H13FN2O. The molecule has 4 heteroatoms. The second-order valence-corrected chi connectivity index (χ2v) is 4.78. The summed E-state index contributed by atoms with van der Waals surface area (Å²) in [6.07, 6.45) is 3.10. The van der Waals surface area contributed by atoms with Crippen molar-refractivity contribution in [2.75, 3.05) is 0 Å². The predicted octanol–water partition coefficient (Wildman–Crippen LogP) is 4.11. The lowest BCUT2D eigenvalue weighted by atomic mass is 10.1. The van der Waals surface area contributed by atoms with Crippen molar-refractivity contribution in [2.24, 2.45) is 0 Å². The summed E-state index contributed by atoms with van der Waals surface area (Å²) in [5.74, 6) is -0.544. The molecule has 0 aliphatic heterocycles. The van der Waals surface area contributed by atoms with E-state index in [-0.39, 0.29) is 11.6 Å². The summed E-state index contributed by atoms with van der Waals surface area (Å²) >= 11 is 0. The molecule has 0 saturated heterocycles. The summed E-state index contributed by atoms with van der Waals surface area (Å²) in [5.41, 5.74) is 2.99. The second-order valence-electron chi connectivity index (χ2n) is 4.78. The molecule has 0 atom stereocenters. The molecule has 0 radical (unpaired) electrons. The Kier molecular flexibility index (Phi) is 3.92. The molecular weight excluding hydrogens is 279 g/mol. The van der Waals surface area contributed by atoms with Gasteiger partial charge < -0.3 is 0 Å². The largest absolute Gasteiger partial charge is 0.289 e. The van der Waals surface area contributed by atoms with Crippen LogP contribution in [0.5, 0.6) is 0 Å². The lowest BCUT2D eigenvalue weighted by Gasteiger charge is -1.94. The van der Waals surface area contributed by atoms with Gasteiger partial charge in [0, 0.05) is 11.1 Å². The van der Waals surface area contributed by atoms with Crippen molar-refractivity contribution in [3.63, 3.8) is 0 Å². The number of hydrogen-bond acceptors (Lipinski definition) is 2. The summed E-state index contributed by atoms with van der Waals surface area (Å²) in [5, 5.41) is 7.08. The number of ketones is 1. The molecule has 1 heterocycles. The van der Waals surface area contributed by atoms with Crippen LogP contribution >= 0.6 is 0 Å². The Morgan fingerprint density at radius 1 is 1.05 bits per heavy atom. The van der Waals surface area contributed by atoms with Crippen LogP contribution in [-0.2, 0) is 0 Å². The Hall–Kier alpha value is -3.01. The number of carbonyl (C=O) groups is 1. The molecule has 0 unspecified atom stereocenters. The minimum Gasteiger partial charge on any atom is -0.289 e. The van der Waals surface area contributed by atoms with Crippen LogP contribution < -0.4 is 0 Å². The molecule has 0 aliphatic rings. The lowest BCUT2D eigenvalue weighted by Crippen LogP contribution is -1.93. The SMILES string of the molecule is O=C(C=Cc1cc(-c2ccccc2)n[nH]1)c1ccc(F)cc1. The Morgan fingerprint density at radius 2 is 1.77 bits per heavy atom. The highest BCUT2D eigenvalue weighted by atomic mass is 19.1. The number of carbonyl (C=O) groups excluding carboxylic acids is 1. The van der Waals surface area contributed by atoms with Gasteiger partial charge in [-0.15, -0.1) is 0 Å². The van der Waals surface area contributed by atoms with Gasteiger partial charge in [-0.05, 0) is 42.5 Å². The zero-order valence-electron chi connectivity index (χ0n) is 11.7. The average molecular weight is 292 g/mol. The van der Waals surface area contributed by atoms with Crippen molar-refractivity contribution >= 4 is 11.9 Å². The lowest BCUT2D eigenvalue weighted by molar-refractivity contribution is 0.104. The molecule has 0 saturated carbocycles. The third-order valence-corrected chi connectivity index (χ3v) is 3.21. The van der Waals surface area contributed by atoms with Crippen LogP contribution in [0.1, 0.15) is 16.1 Å². The molecule has 1 N–H and O–H groups in total. The van der Waals surface area contributed by atoms with Crippen LogP contribution in [0.15, 0.2) is 66.7 Å². The molecule has 0 bridgehead atoms. The van der Waals surface area contributed by atoms with E-state index in [1.54, 1.807) is 6.08 Å². The van der Waals surface area contributed by atoms with E-state index in [0.717, 1.165) is 17.0 Å². The van der Waals surface area contributed by atoms with Crippen molar-refractivity contribution in [1.82, 2.24) is 10.2 Å². The van der Waals surface area contributed by atoms with E-state index in [2.05, 4.69) is 10.2 Å². The average Bonchev–Trinajstić information content (AvgIpc) is 3.03. The van der Waals surface area contributed by atoms with Crippen LogP contribution in [0, 0.1) is 5.82 Å². The van der Waals surface area contributed by atoms with Crippen molar-refractivity contribution in [1.29, 1.82) is 0 Å². The monoisotopic (exact) mass is 292 g/mol. The first-order valence-corrected chi connectivity index (χ1v) is 6.81. The Balaban J connectivity index is 1.75. The van der Waals surface area contributed by atoms with Gasteiger partial charge in [-0.3, -0.25) is 9.89 Å². The molecule has 0 aliphatic carbocycles. The minimum atomic E-state index is -0.360. The van der Waals surface area contributed by atoms with Gasteiger partial charge in [-0.25, -0.2) is 4.39 Å². The summed E-state index contributed by atoms with van der Waals surface area (Å²) in [6.45, 7) is 0. The normalized spacial score (nSPS) is 11.0. The molecule has 108 valence electrons. The molecule has 22 heavy (non-hydrogen) atoms. The molecule has 1 aromatic heterocycles. The van der Waals surface area contributed by atoms with Crippen LogP contribution in [0.2, 0.25) is 0 Å². The van der Waals surface area contributed by atoms with E-state index < -0.39 is 0 Å². The predicted molar refractivity (Wildman–Crippen MR) is 83.8 cm³/mol. The fraction of sp³-hybridized carbons (Fsp3) is 0. The molecule has 3 nitrogen and oxygen atoms in total. The molecule has 0 spiro atoms.